The van der Waals surface area contributed by atoms with Crippen LogP contribution in [0.15, 0.2) is 23.8 Å². The van der Waals surface area contributed by atoms with Crippen LogP contribution in [-0.2, 0) is 19.7 Å². The van der Waals surface area contributed by atoms with E-state index in [4.69, 9.17) is 25.8 Å². The van der Waals surface area contributed by atoms with Crippen LogP contribution in [0.3, 0.4) is 0 Å². The minimum Gasteiger partial charge on any atom is -0.493 e. The van der Waals surface area contributed by atoms with Gasteiger partial charge < -0.3 is 19.5 Å². The van der Waals surface area contributed by atoms with E-state index in [2.05, 4.69) is 16.3 Å². The first-order valence-corrected chi connectivity index (χ1v) is 11.9. The number of carbonyl (C=O) groups is 2. The Morgan fingerprint density at radius 3 is 2.65 bits per heavy atom. The highest BCUT2D eigenvalue weighted by Gasteiger charge is 2.87. The fourth-order valence-corrected chi connectivity index (χ4v) is 8.80. The molecule has 1 N–H and O–H groups in total. The van der Waals surface area contributed by atoms with Crippen molar-refractivity contribution in [1.29, 1.82) is 5.26 Å². The van der Waals surface area contributed by atoms with E-state index in [9.17, 15) is 14.9 Å². The van der Waals surface area contributed by atoms with Gasteiger partial charge in [0.05, 0.1) is 55.5 Å². The van der Waals surface area contributed by atoms with E-state index in [0.717, 1.165) is 18.5 Å². The molecular formula is C25H26ClN3O5. The van der Waals surface area contributed by atoms with Crippen molar-refractivity contribution in [3.8, 4) is 17.6 Å². The van der Waals surface area contributed by atoms with Crippen LogP contribution in [0.1, 0.15) is 31.2 Å². The average molecular weight is 484 g/mol. The molecule has 2 saturated heterocycles. The van der Waals surface area contributed by atoms with Gasteiger partial charge in [-0.05, 0) is 55.5 Å². The van der Waals surface area contributed by atoms with Crippen LogP contribution in [0.2, 0.25) is 0 Å². The van der Waals surface area contributed by atoms with Crippen molar-refractivity contribution in [2.45, 2.75) is 42.2 Å². The molecule has 0 amide bonds. The van der Waals surface area contributed by atoms with Gasteiger partial charge in [-0.2, -0.15) is 5.26 Å². The number of hydrogen-bond acceptors (Lipinski definition) is 8. The maximum absolute atomic E-state index is 13.4. The third kappa shape index (κ3) is 1.92. The van der Waals surface area contributed by atoms with Gasteiger partial charge in [-0.1, -0.05) is 12.1 Å². The van der Waals surface area contributed by atoms with Crippen LogP contribution < -0.4 is 14.8 Å². The molecule has 9 heteroatoms. The monoisotopic (exact) mass is 483 g/mol. The smallest absolute Gasteiger partial charge is 0.335 e. The molecule has 1 aromatic carbocycles. The molecule has 3 spiro atoms. The van der Waals surface area contributed by atoms with Crippen molar-refractivity contribution in [1.82, 2.24) is 4.90 Å². The molecule has 3 heterocycles. The van der Waals surface area contributed by atoms with Crippen molar-refractivity contribution < 1.29 is 23.8 Å². The summed E-state index contributed by atoms with van der Waals surface area (Å²) in [5.74, 6) is -0.242. The number of fused-ring (bicyclic) bond motifs is 2. The summed E-state index contributed by atoms with van der Waals surface area (Å²) < 4.78 is 16.6. The molecule has 8 nitrogen and oxygen atoms in total. The second-order valence-electron chi connectivity index (χ2n) is 9.99. The first-order chi connectivity index (χ1) is 16.3. The molecule has 0 aromatic heterocycles. The lowest BCUT2D eigenvalue weighted by Gasteiger charge is -2.70. The minimum absolute atomic E-state index is 0.382. The minimum atomic E-state index is -1.25. The zero-order valence-corrected chi connectivity index (χ0v) is 20.1. The first kappa shape index (κ1) is 21.8. The zero-order chi connectivity index (χ0) is 24.1. The molecule has 1 aromatic rings. The molecule has 0 radical (unpaired) electrons. The average Bonchev–Trinajstić information content (AvgIpc) is 3.36. The number of nitrogens with zero attached hydrogens (tertiary/aromatic N) is 2. The molecule has 3 fully saturated rings. The van der Waals surface area contributed by atoms with Crippen LogP contribution in [0, 0.1) is 22.7 Å². The highest BCUT2D eigenvalue weighted by molar-refractivity contribution is 6.64. The Morgan fingerprint density at radius 1 is 1.21 bits per heavy atom. The van der Waals surface area contributed by atoms with Gasteiger partial charge in [0.2, 0.25) is 5.24 Å². The molecule has 1 saturated carbocycles. The second-order valence-corrected chi connectivity index (χ2v) is 10.4. The quantitative estimate of drug-likeness (QED) is 0.515. The van der Waals surface area contributed by atoms with Crippen LogP contribution in [-0.4, -0.2) is 61.6 Å². The number of hydrogen-bond donors (Lipinski definition) is 1. The van der Waals surface area contributed by atoms with Gasteiger partial charge in [-0.25, -0.2) is 4.79 Å². The van der Waals surface area contributed by atoms with E-state index in [1.54, 1.807) is 14.2 Å². The molecule has 178 valence electrons. The topological polar surface area (TPSA) is 101 Å². The van der Waals surface area contributed by atoms with Gasteiger partial charge in [-0.3, -0.25) is 9.69 Å². The Hall–Kier alpha value is -2.76. The third-order valence-electron chi connectivity index (χ3n) is 9.40. The van der Waals surface area contributed by atoms with Crippen LogP contribution in [0.4, 0.5) is 5.69 Å². The second kappa shape index (κ2) is 6.67. The van der Waals surface area contributed by atoms with Gasteiger partial charge in [-0.15, -0.1) is 0 Å². The standard InChI is InChI=1S/C25H26ClN3O5/c1-32-17-6-5-14-18(19(17)33-2)28-25-15(20(26)30)11-22(12-16(25)21(31)34-3)7-4-9-29-10-8-23(14,25)24(22,29)13-27/h5-6,12,15,28H,4,7-11H2,1-3H3/t15?,22-,23+,24-,25-/m0/s1. The summed E-state index contributed by atoms with van der Waals surface area (Å²) in [6, 6.07) is 6.55. The van der Waals surface area contributed by atoms with E-state index >= 15 is 0 Å². The molecule has 3 aliphatic carbocycles. The van der Waals surface area contributed by atoms with Crippen LogP contribution >= 0.6 is 11.6 Å². The number of methoxy groups -OCH3 is 3. The maximum Gasteiger partial charge on any atom is 0.335 e. The molecular weight excluding hydrogens is 458 g/mol. The molecule has 1 unspecified atom stereocenters. The number of halogens is 1. The fourth-order valence-electron chi connectivity index (χ4n) is 8.56. The fraction of sp³-hybridized carbons (Fsp3) is 0.560. The summed E-state index contributed by atoms with van der Waals surface area (Å²) in [5.41, 5.74) is -1.94. The van der Waals surface area contributed by atoms with Crippen molar-refractivity contribution in [3.05, 3.63) is 29.3 Å². The van der Waals surface area contributed by atoms with Gasteiger partial charge in [0.25, 0.3) is 0 Å². The number of nitriles is 1. The van der Waals surface area contributed by atoms with Gasteiger partial charge in [0, 0.05) is 12.0 Å². The number of piperidine rings is 1. The lowest BCUT2D eigenvalue weighted by Crippen LogP contribution is -2.82. The molecule has 34 heavy (non-hydrogen) atoms. The summed E-state index contributed by atoms with van der Waals surface area (Å²) in [7, 11) is 4.46. The summed E-state index contributed by atoms with van der Waals surface area (Å²) in [5, 5.41) is 14.1. The largest absolute Gasteiger partial charge is 0.493 e. The summed E-state index contributed by atoms with van der Waals surface area (Å²) in [4.78, 5) is 28.8. The van der Waals surface area contributed by atoms with E-state index in [1.165, 1.54) is 7.11 Å². The lowest BCUT2D eigenvalue weighted by molar-refractivity contribution is -0.147. The summed E-state index contributed by atoms with van der Waals surface area (Å²) in [6.45, 7) is 1.47. The number of nitrogens with one attached hydrogen (secondary N) is 1. The van der Waals surface area contributed by atoms with Crippen LogP contribution in [0.5, 0.6) is 11.5 Å². The van der Waals surface area contributed by atoms with Crippen molar-refractivity contribution >= 4 is 28.5 Å². The Balaban J connectivity index is 1.80. The highest BCUT2D eigenvalue weighted by atomic mass is 35.5. The van der Waals surface area contributed by atoms with Crippen molar-refractivity contribution in [2.24, 2.45) is 11.3 Å². The molecule has 7 rings (SSSR count). The van der Waals surface area contributed by atoms with Gasteiger partial charge >= 0.3 is 5.97 Å². The van der Waals surface area contributed by atoms with E-state index in [1.807, 2.05) is 18.2 Å². The number of esters is 1. The zero-order valence-electron chi connectivity index (χ0n) is 19.4. The van der Waals surface area contributed by atoms with E-state index in [-0.39, 0.29) is 0 Å². The first-order valence-electron chi connectivity index (χ1n) is 11.5. The Morgan fingerprint density at radius 2 is 2.00 bits per heavy atom. The summed E-state index contributed by atoms with van der Waals surface area (Å²) in [6.07, 6.45) is 4.48. The number of anilines is 1. The molecule has 5 atom stereocenters. The maximum atomic E-state index is 13.4. The van der Waals surface area contributed by atoms with Crippen molar-refractivity contribution in [2.75, 3.05) is 39.7 Å². The predicted octanol–water partition coefficient (Wildman–Crippen LogP) is 2.75. The molecule has 2 bridgehead atoms. The normalized spacial score (nSPS) is 38.6. The number of carbonyl (C=O) groups excluding carboxylic acids is 2. The number of rotatable bonds is 4. The Labute approximate surface area is 202 Å². The highest BCUT2D eigenvalue weighted by Crippen LogP contribution is 2.79. The Kier molecular flexibility index (Phi) is 4.27. The SMILES string of the molecule is COC(=O)C1=C[C@]23CCCN4CC[C@@]5(c6ccc(OC)c(OC)c6N[C@@]15C(C(=O)Cl)C2)[C@@]43C#N. The lowest BCUT2D eigenvalue weighted by atomic mass is 9.35. The van der Waals surface area contributed by atoms with Gasteiger partial charge in [0.15, 0.2) is 11.5 Å². The third-order valence-corrected chi connectivity index (χ3v) is 9.66. The predicted molar refractivity (Wildman–Crippen MR) is 123 cm³/mol. The van der Waals surface area contributed by atoms with Crippen LogP contribution in [0.25, 0.3) is 0 Å². The van der Waals surface area contributed by atoms with E-state index < -0.39 is 39.0 Å². The van der Waals surface area contributed by atoms with Gasteiger partial charge in [0.1, 0.15) is 5.54 Å². The number of benzene rings is 1. The van der Waals surface area contributed by atoms with E-state index in [0.29, 0.717) is 48.6 Å². The summed E-state index contributed by atoms with van der Waals surface area (Å²) >= 11 is 6.34. The molecule has 3 aliphatic heterocycles. The number of ether oxygens (including phenoxy) is 3. The Bertz CT molecular complexity index is 1230. The molecule has 6 aliphatic rings. The van der Waals surface area contributed by atoms with Crippen molar-refractivity contribution in [3.63, 3.8) is 0 Å².